The monoisotopic (exact) mass is 235 g/mol. The van der Waals surface area contributed by atoms with Crippen LogP contribution in [0.2, 0.25) is 0 Å². The maximum atomic E-state index is 9.55. The van der Waals surface area contributed by atoms with Crippen molar-refractivity contribution in [3.05, 3.63) is 29.8 Å². The van der Waals surface area contributed by atoms with Crippen molar-refractivity contribution >= 4 is 5.69 Å². The lowest BCUT2D eigenvalue weighted by atomic mass is 9.86. The van der Waals surface area contributed by atoms with Crippen molar-refractivity contribution in [2.75, 3.05) is 25.1 Å². The summed E-state index contributed by atoms with van der Waals surface area (Å²) in [5.74, 6) is 0. The molecule has 0 spiro atoms. The first-order chi connectivity index (χ1) is 8.02. The molecule has 1 aromatic rings. The van der Waals surface area contributed by atoms with E-state index in [2.05, 4.69) is 57.0 Å². The van der Waals surface area contributed by atoms with Gasteiger partial charge >= 0.3 is 0 Å². The molecule has 96 valence electrons. The van der Waals surface area contributed by atoms with E-state index in [-0.39, 0.29) is 12.0 Å². The summed E-state index contributed by atoms with van der Waals surface area (Å²) >= 11 is 0. The molecule has 0 amide bonds. The highest BCUT2D eigenvalue weighted by Gasteiger charge is 2.24. The lowest BCUT2D eigenvalue weighted by Crippen LogP contribution is -2.36. The molecule has 0 fully saturated rings. The number of benzene rings is 1. The predicted octanol–water partition coefficient (Wildman–Crippen LogP) is 3.23. The number of aliphatic hydroxyl groups is 1. The molecule has 0 saturated heterocycles. The largest absolute Gasteiger partial charge is 0.396 e. The lowest BCUT2D eigenvalue weighted by molar-refractivity contribution is 0.138. The number of nitrogens with zero attached hydrogens (tertiary/aromatic N) is 1. The first-order valence-electron chi connectivity index (χ1n) is 6.40. The van der Waals surface area contributed by atoms with Gasteiger partial charge in [-0.2, -0.15) is 0 Å². The maximum Gasteiger partial charge on any atom is 0.0501 e. The van der Waals surface area contributed by atoms with Crippen molar-refractivity contribution in [2.45, 2.75) is 33.6 Å². The highest BCUT2D eigenvalue weighted by molar-refractivity contribution is 5.52. The van der Waals surface area contributed by atoms with E-state index in [1.165, 1.54) is 11.3 Å². The van der Waals surface area contributed by atoms with Gasteiger partial charge in [-0.1, -0.05) is 38.5 Å². The van der Waals surface area contributed by atoms with Crippen molar-refractivity contribution in [3.8, 4) is 0 Å². The lowest BCUT2D eigenvalue weighted by Gasteiger charge is -2.33. The van der Waals surface area contributed by atoms with Crippen LogP contribution in [0.4, 0.5) is 5.69 Å². The smallest absolute Gasteiger partial charge is 0.0501 e. The van der Waals surface area contributed by atoms with Crippen LogP contribution in [0.3, 0.4) is 0 Å². The van der Waals surface area contributed by atoms with Gasteiger partial charge < -0.3 is 10.0 Å². The molecule has 0 bridgehead atoms. The Kier molecular flexibility index (Phi) is 5.01. The third-order valence-corrected chi connectivity index (χ3v) is 3.38. The molecule has 1 atom stereocenters. The average Bonchev–Trinajstić information content (AvgIpc) is 2.29. The van der Waals surface area contributed by atoms with Gasteiger partial charge in [0.25, 0.3) is 0 Å². The van der Waals surface area contributed by atoms with Gasteiger partial charge in [0.05, 0.1) is 6.61 Å². The van der Waals surface area contributed by atoms with E-state index in [0.717, 1.165) is 19.4 Å². The summed E-state index contributed by atoms with van der Waals surface area (Å²) in [5, 5.41) is 9.55. The van der Waals surface area contributed by atoms with Crippen LogP contribution in [0, 0.1) is 12.3 Å². The van der Waals surface area contributed by atoms with E-state index in [1.54, 1.807) is 0 Å². The molecule has 0 saturated carbocycles. The predicted molar refractivity (Wildman–Crippen MR) is 74.5 cm³/mol. The van der Waals surface area contributed by atoms with Gasteiger partial charge in [-0.05, 0) is 25.0 Å². The Morgan fingerprint density at radius 3 is 2.47 bits per heavy atom. The second-order valence-corrected chi connectivity index (χ2v) is 5.36. The number of hydrogen-bond acceptors (Lipinski definition) is 2. The summed E-state index contributed by atoms with van der Waals surface area (Å²) in [4.78, 5) is 2.25. The molecule has 1 unspecified atom stereocenters. The van der Waals surface area contributed by atoms with Gasteiger partial charge in [0.15, 0.2) is 0 Å². The Morgan fingerprint density at radius 1 is 1.29 bits per heavy atom. The van der Waals surface area contributed by atoms with Gasteiger partial charge in [-0.25, -0.2) is 0 Å². The fourth-order valence-corrected chi connectivity index (χ4v) is 2.46. The van der Waals surface area contributed by atoms with Crippen molar-refractivity contribution in [2.24, 2.45) is 5.41 Å². The molecule has 0 heterocycles. The molecule has 0 aromatic heterocycles. The standard InChI is InChI=1S/C15H25NO/c1-5-10-15(3,12-17)11-16(4)14-9-7-6-8-13(14)2/h6-9,17H,5,10-12H2,1-4H3. The Bertz CT molecular complexity index is 351. The number of para-hydroxylation sites is 1. The fourth-order valence-electron chi connectivity index (χ4n) is 2.46. The second kappa shape index (κ2) is 6.06. The number of anilines is 1. The number of hydrogen-bond donors (Lipinski definition) is 1. The normalized spacial score (nSPS) is 14.4. The summed E-state index contributed by atoms with van der Waals surface area (Å²) in [5.41, 5.74) is 2.53. The van der Waals surface area contributed by atoms with E-state index in [9.17, 15) is 5.11 Å². The Hall–Kier alpha value is -1.02. The third kappa shape index (κ3) is 3.74. The Balaban J connectivity index is 2.77. The molecule has 2 heteroatoms. The van der Waals surface area contributed by atoms with Crippen LogP contribution in [0.15, 0.2) is 24.3 Å². The van der Waals surface area contributed by atoms with Crippen molar-refractivity contribution in [1.29, 1.82) is 0 Å². The number of aliphatic hydroxyl groups excluding tert-OH is 1. The zero-order chi connectivity index (χ0) is 12.9. The molecular formula is C15H25NO. The van der Waals surface area contributed by atoms with Gasteiger partial charge in [0, 0.05) is 24.7 Å². The Labute approximate surface area is 105 Å². The molecule has 1 rings (SSSR count). The van der Waals surface area contributed by atoms with Crippen LogP contribution < -0.4 is 4.90 Å². The SMILES string of the molecule is CCCC(C)(CO)CN(C)c1ccccc1C. The third-order valence-electron chi connectivity index (χ3n) is 3.38. The van der Waals surface area contributed by atoms with Gasteiger partial charge in [-0.3, -0.25) is 0 Å². The highest BCUT2D eigenvalue weighted by atomic mass is 16.3. The summed E-state index contributed by atoms with van der Waals surface area (Å²) < 4.78 is 0. The van der Waals surface area contributed by atoms with Crippen molar-refractivity contribution in [1.82, 2.24) is 0 Å². The van der Waals surface area contributed by atoms with Gasteiger partial charge in [0.2, 0.25) is 0 Å². The molecular weight excluding hydrogens is 210 g/mol. The van der Waals surface area contributed by atoms with Crippen molar-refractivity contribution < 1.29 is 5.11 Å². The average molecular weight is 235 g/mol. The van der Waals surface area contributed by atoms with Gasteiger partial charge in [-0.15, -0.1) is 0 Å². The van der Waals surface area contributed by atoms with E-state index in [1.807, 2.05) is 0 Å². The Morgan fingerprint density at radius 2 is 1.94 bits per heavy atom. The van der Waals surface area contributed by atoms with Gasteiger partial charge in [0.1, 0.15) is 0 Å². The number of rotatable bonds is 6. The minimum absolute atomic E-state index is 0.00815. The molecule has 0 aliphatic rings. The summed E-state index contributed by atoms with van der Waals surface area (Å²) in [6.45, 7) is 7.59. The van der Waals surface area contributed by atoms with Crippen LogP contribution in [-0.4, -0.2) is 25.3 Å². The minimum atomic E-state index is -0.00815. The summed E-state index contributed by atoms with van der Waals surface area (Å²) in [6.07, 6.45) is 2.17. The van der Waals surface area contributed by atoms with E-state index in [0.29, 0.717) is 0 Å². The first-order valence-corrected chi connectivity index (χ1v) is 6.40. The van der Waals surface area contributed by atoms with Crippen LogP contribution in [0.1, 0.15) is 32.3 Å². The van der Waals surface area contributed by atoms with E-state index in [4.69, 9.17) is 0 Å². The summed E-state index contributed by atoms with van der Waals surface area (Å²) in [6, 6.07) is 8.39. The molecule has 2 nitrogen and oxygen atoms in total. The fraction of sp³-hybridized carbons (Fsp3) is 0.600. The molecule has 1 N–H and O–H groups in total. The maximum absolute atomic E-state index is 9.55. The van der Waals surface area contributed by atoms with Crippen LogP contribution in [-0.2, 0) is 0 Å². The second-order valence-electron chi connectivity index (χ2n) is 5.36. The van der Waals surface area contributed by atoms with E-state index < -0.39 is 0 Å². The zero-order valence-electron chi connectivity index (χ0n) is 11.5. The minimum Gasteiger partial charge on any atom is -0.396 e. The molecule has 0 aliphatic carbocycles. The van der Waals surface area contributed by atoms with E-state index >= 15 is 0 Å². The summed E-state index contributed by atoms with van der Waals surface area (Å²) in [7, 11) is 2.10. The highest BCUT2D eigenvalue weighted by Crippen LogP contribution is 2.27. The quantitative estimate of drug-likeness (QED) is 0.818. The van der Waals surface area contributed by atoms with Crippen LogP contribution in [0.5, 0.6) is 0 Å². The zero-order valence-corrected chi connectivity index (χ0v) is 11.5. The molecule has 0 aliphatic heterocycles. The topological polar surface area (TPSA) is 23.5 Å². The molecule has 1 aromatic carbocycles. The molecule has 0 radical (unpaired) electrons. The number of aryl methyl sites for hydroxylation is 1. The van der Waals surface area contributed by atoms with Crippen molar-refractivity contribution in [3.63, 3.8) is 0 Å². The first kappa shape index (κ1) is 14.0. The van der Waals surface area contributed by atoms with Crippen LogP contribution >= 0.6 is 0 Å². The van der Waals surface area contributed by atoms with Crippen LogP contribution in [0.25, 0.3) is 0 Å². The molecule has 17 heavy (non-hydrogen) atoms.